The van der Waals surface area contributed by atoms with Gasteiger partial charge >= 0.3 is 11.9 Å². The van der Waals surface area contributed by atoms with E-state index >= 15 is 0 Å². The summed E-state index contributed by atoms with van der Waals surface area (Å²) in [5.74, 6) is -3.66. The number of anilines is 1. The third kappa shape index (κ3) is 9.93. The molecule has 0 spiro atoms. The molecule has 0 bridgehead atoms. The lowest BCUT2D eigenvalue weighted by atomic mass is 10.1. The summed E-state index contributed by atoms with van der Waals surface area (Å²) in [7, 11) is -4.75. The molecule has 0 fully saturated rings. The molecule has 6 aromatic rings. The fraction of sp³-hybridized carbons (Fsp3) is 0.0513. The lowest BCUT2D eigenvalue weighted by Crippen LogP contribution is -2.28. The second-order valence-corrected chi connectivity index (χ2v) is 16.1. The van der Waals surface area contributed by atoms with Crippen LogP contribution in [-0.2, 0) is 33.7 Å². The van der Waals surface area contributed by atoms with E-state index in [1.54, 1.807) is 49.5 Å². The van der Waals surface area contributed by atoms with Gasteiger partial charge in [-0.3, -0.25) is 14.2 Å². The Kier molecular flexibility index (Phi) is 13.5. The average Bonchev–Trinajstić information content (AvgIpc) is 3.57. The first-order valence-electron chi connectivity index (χ1n) is 17.8. The molecule has 7 rings (SSSR count). The first-order valence-corrected chi connectivity index (χ1v) is 20.7. The van der Waals surface area contributed by atoms with Gasteiger partial charge in [0.15, 0.2) is 11.8 Å². The summed E-state index contributed by atoms with van der Waals surface area (Å²) in [5, 5.41) is 81.2. The maximum atomic E-state index is 13.4. The number of fused-ring (bicyclic) bond motifs is 2. The van der Waals surface area contributed by atoms with Crippen LogP contribution in [0.15, 0.2) is 154 Å². The van der Waals surface area contributed by atoms with E-state index < -0.39 is 38.7 Å². The van der Waals surface area contributed by atoms with Crippen molar-refractivity contribution in [1.82, 2.24) is 0 Å². The van der Waals surface area contributed by atoms with Crippen LogP contribution in [0.2, 0.25) is 0 Å². The van der Waals surface area contributed by atoms with E-state index in [9.17, 15) is 42.7 Å². The van der Waals surface area contributed by atoms with E-state index in [0.29, 0.717) is 33.6 Å². The van der Waals surface area contributed by atoms with Crippen molar-refractivity contribution in [3.05, 3.63) is 120 Å². The Morgan fingerprint density at radius 3 is 2.02 bits per heavy atom. The Morgan fingerprint density at radius 1 is 0.703 bits per heavy atom. The topological polar surface area (TPSA) is 321 Å². The van der Waals surface area contributed by atoms with Gasteiger partial charge in [0, 0.05) is 32.9 Å². The highest BCUT2D eigenvalue weighted by Crippen LogP contribution is 2.46. The number of hydrogen-bond donors (Lipinski definition) is 6. The quantitative estimate of drug-likeness (QED) is 0.0173. The minimum absolute atomic E-state index is 0.0170. The lowest BCUT2D eigenvalue weighted by molar-refractivity contribution is -0.432. The van der Waals surface area contributed by atoms with Crippen LogP contribution in [0.25, 0.3) is 21.5 Å². The summed E-state index contributed by atoms with van der Waals surface area (Å²) < 4.78 is 43.3. The number of carbonyl (C=O) groups is 3. The third-order valence-electron chi connectivity index (χ3n) is 9.17. The standard InChI is InChI=1S/C39H27N7O15S3/c1-19-18-46(25-4-6-26(7-5-25)62-60-58-53)37(48)34(19)44-40-23-3-2-20-15-33(63-61-59-54)35(36(47)29(20)16-23)45-43-32-11-10-31(28-9-8-27(17-30(28)32)64(55,56)57)42-41-24-13-21(38(49)50)12-22(14-24)39(51)52/h2-18,34,47,53-54H,1H3,(H,49,50)(H,51,52)(H,55,56,57). The van der Waals surface area contributed by atoms with Gasteiger partial charge < -0.3 is 15.3 Å². The number of nitrogens with zero attached hydrogens (tertiary/aromatic N) is 7. The normalized spacial score (nSPS) is 14.5. The van der Waals surface area contributed by atoms with E-state index in [0.717, 1.165) is 42.4 Å². The predicted octanol–water partition coefficient (Wildman–Crippen LogP) is 10.4. The number of aromatic carboxylic acids is 2. The van der Waals surface area contributed by atoms with Gasteiger partial charge in [-0.25, -0.2) is 20.1 Å². The van der Waals surface area contributed by atoms with Gasteiger partial charge in [0.25, 0.3) is 16.0 Å². The first kappa shape index (κ1) is 45.0. The molecule has 1 heterocycles. The Bertz CT molecular complexity index is 3060. The number of benzene rings is 6. The van der Waals surface area contributed by atoms with Crippen molar-refractivity contribution < 1.29 is 71.9 Å². The fourth-order valence-electron chi connectivity index (χ4n) is 6.21. The molecular formula is C39H27N7O15S3. The molecule has 0 aliphatic carbocycles. The Balaban J connectivity index is 1.23. The smallest absolute Gasteiger partial charge is 0.335 e. The molecule has 1 aliphatic heterocycles. The number of rotatable bonds is 16. The summed E-state index contributed by atoms with van der Waals surface area (Å²) in [6.45, 7) is 1.71. The largest absolute Gasteiger partial charge is 0.505 e. The van der Waals surface area contributed by atoms with Crippen LogP contribution in [0.1, 0.15) is 27.6 Å². The van der Waals surface area contributed by atoms with Crippen LogP contribution in [0.4, 0.5) is 34.1 Å². The van der Waals surface area contributed by atoms with Crippen LogP contribution in [0.5, 0.6) is 5.75 Å². The molecule has 22 nitrogen and oxygen atoms in total. The summed E-state index contributed by atoms with van der Waals surface area (Å²) >= 11 is 1.21. The van der Waals surface area contributed by atoms with Crippen molar-refractivity contribution in [2.45, 2.75) is 27.7 Å². The molecule has 326 valence electrons. The highest BCUT2D eigenvalue weighted by Gasteiger charge is 2.32. The van der Waals surface area contributed by atoms with Crippen LogP contribution in [-0.4, -0.2) is 62.7 Å². The number of carbonyl (C=O) groups excluding carboxylic acids is 1. The minimum atomic E-state index is -4.75. The van der Waals surface area contributed by atoms with Crippen LogP contribution in [0, 0.1) is 0 Å². The highest BCUT2D eigenvalue weighted by molar-refractivity contribution is 7.95. The molecule has 1 atom stereocenters. The molecule has 6 N–H and O–H groups in total. The summed E-state index contributed by atoms with van der Waals surface area (Å²) in [6.07, 6.45) is 1.62. The molecule has 0 saturated carbocycles. The summed E-state index contributed by atoms with van der Waals surface area (Å²) in [5.41, 5.74) is 0.361. The summed E-state index contributed by atoms with van der Waals surface area (Å²) in [6, 6.07) is 21.1. The van der Waals surface area contributed by atoms with Crippen molar-refractivity contribution >= 4 is 108 Å². The molecule has 0 saturated heterocycles. The zero-order valence-electron chi connectivity index (χ0n) is 32.1. The van der Waals surface area contributed by atoms with E-state index in [4.69, 9.17) is 10.5 Å². The molecule has 1 aliphatic rings. The Morgan fingerprint density at radius 2 is 1.36 bits per heavy atom. The molecule has 0 aromatic heterocycles. The molecular weight excluding hydrogens is 903 g/mol. The fourth-order valence-corrected chi connectivity index (χ4v) is 7.57. The maximum absolute atomic E-state index is 13.4. The maximum Gasteiger partial charge on any atom is 0.335 e. The van der Waals surface area contributed by atoms with Crippen LogP contribution in [0.3, 0.4) is 0 Å². The van der Waals surface area contributed by atoms with Crippen molar-refractivity contribution in [2.24, 2.45) is 30.7 Å². The van der Waals surface area contributed by atoms with E-state index in [1.165, 1.54) is 35.2 Å². The number of phenolic OH excluding ortho intramolecular Hbond substituents is 1. The second-order valence-electron chi connectivity index (χ2n) is 13.2. The van der Waals surface area contributed by atoms with E-state index in [2.05, 4.69) is 49.4 Å². The zero-order chi connectivity index (χ0) is 45.7. The van der Waals surface area contributed by atoms with Gasteiger partial charge in [0.05, 0.1) is 67.8 Å². The highest BCUT2D eigenvalue weighted by atomic mass is 32.2. The molecule has 1 unspecified atom stereocenters. The van der Waals surface area contributed by atoms with Gasteiger partial charge in [-0.05, 0) is 103 Å². The summed E-state index contributed by atoms with van der Waals surface area (Å²) in [4.78, 5) is 38.1. The van der Waals surface area contributed by atoms with Crippen molar-refractivity contribution in [3.63, 3.8) is 0 Å². The Hall–Kier alpha value is -7.04. The van der Waals surface area contributed by atoms with Gasteiger partial charge in [0.1, 0.15) is 5.69 Å². The monoisotopic (exact) mass is 929 g/mol. The van der Waals surface area contributed by atoms with Crippen molar-refractivity contribution in [2.75, 3.05) is 4.90 Å². The Labute approximate surface area is 367 Å². The number of amides is 1. The third-order valence-corrected chi connectivity index (χ3v) is 11.2. The first-order chi connectivity index (χ1) is 30.6. The van der Waals surface area contributed by atoms with Crippen LogP contribution >= 0.6 is 24.1 Å². The number of aromatic hydroxyl groups is 1. The SMILES string of the molecule is CC1=CN(c2ccc(SOOO)cc2)C(=O)C1N=Nc1ccc2cc(SOOO)c(N=Nc3ccc(N=Nc4cc(C(=O)O)cc(C(=O)O)c4)c4ccc(S(=O)(=O)O)cc34)c(O)c2c1. The number of carboxylic acids is 2. The predicted molar refractivity (Wildman–Crippen MR) is 225 cm³/mol. The number of phenols is 1. The number of hydrogen-bond acceptors (Lipinski definition) is 20. The number of carboxylic acid groups (broad SMARTS) is 2. The van der Waals surface area contributed by atoms with Crippen molar-refractivity contribution in [1.29, 1.82) is 0 Å². The molecule has 6 aromatic carbocycles. The van der Waals surface area contributed by atoms with Crippen LogP contribution < -0.4 is 4.90 Å². The molecule has 1 amide bonds. The van der Waals surface area contributed by atoms with Gasteiger partial charge in [0.2, 0.25) is 0 Å². The van der Waals surface area contributed by atoms with Crippen molar-refractivity contribution in [3.8, 4) is 5.75 Å². The second kappa shape index (κ2) is 19.1. The van der Waals surface area contributed by atoms with Gasteiger partial charge in [-0.1, -0.05) is 22.2 Å². The zero-order valence-corrected chi connectivity index (χ0v) is 34.6. The molecule has 64 heavy (non-hydrogen) atoms. The minimum Gasteiger partial charge on any atom is -0.505 e. The number of azo groups is 3. The van der Waals surface area contributed by atoms with E-state index in [1.807, 2.05) is 0 Å². The lowest BCUT2D eigenvalue weighted by Gasteiger charge is -2.15. The average molecular weight is 930 g/mol. The van der Waals surface area contributed by atoms with E-state index in [-0.39, 0.29) is 66.5 Å². The molecule has 25 heteroatoms. The van der Waals surface area contributed by atoms with Gasteiger partial charge in [-0.2, -0.15) is 23.8 Å². The van der Waals surface area contributed by atoms with Gasteiger partial charge in [-0.15, -0.1) is 24.0 Å². The molecule has 0 radical (unpaired) electrons.